The molecule has 5 rings (SSSR count). The van der Waals surface area contributed by atoms with Crippen LogP contribution in [-0.2, 0) is 27.4 Å². The minimum Gasteiger partial charge on any atom is -0.456 e. The molecule has 3 heterocycles. The Kier molecular flexibility index (Phi) is 6.56. The van der Waals surface area contributed by atoms with E-state index in [0.29, 0.717) is 12.0 Å². The first-order valence-corrected chi connectivity index (χ1v) is 13.0. The molecule has 2 aromatic rings. The van der Waals surface area contributed by atoms with Crippen molar-refractivity contribution in [3.8, 4) is 0 Å². The van der Waals surface area contributed by atoms with Crippen molar-refractivity contribution in [2.45, 2.75) is 49.5 Å². The molecule has 0 spiro atoms. The van der Waals surface area contributed by atoms with E-state index >= 15 is 0 Å². The molecule has 1 unspecified atom stereocenters. The lowest BCUT2D eigenvalue weighted by Gasteiger charge is -2.42. The standard InChI is InChI=1S/C24H23N3O6S2/c1-13(28)11-17-21(29)26-20(23(30)33-12-14-4-7-16(8-5-14)27(31)32)24(35-22(17)26)34-18-9-6-15-3-2-10-25-19(15)18/h2-5,7-8,10,13,17-18,22,28H,6,9,11-12H2,1H3/t13-,17+,18?,22+/m0/s1. The largest absolute Gasteiger partial charge is 0.456 e. The number of aliphatic hydroxyl groups excluding tert-OH is 1. The molecule has 1 amide bonds. The number of rotatable bonds is 8. The highest BCUT2D eigenvalue weighted by molar-refractivity contribution is 8.22. The van der Waals surface area contributed by atoms with Gasteiger partial charge in [0.15, 0.2) is 5.70 Å². The number of carbonyl (C=O) groups excluding carboxylic acids is 2. The molecule has 1 fully saturated rings. The third kappa shape index (κ3) is 4.55. The fraction of sp³-hybridized carbons (Fsp3) is 0.375. The third-order valence-electron chi connectivity index (χ3n) is 6.28. The predicted molar refractivity (Wildman–Crippen MR) is 131 cm³/mol. The van der Waals surface area contributed by atoms with Crippen molar-refractivity contribution in [3.05, 3.63) is 79.5 Å². The number of amides is 1. The van der Waals surface area contributed by atoms with E-state index in [1.54, 1.807) is 13.1 Å². The summed E-state index contributed by atoms with van der Waals surface area (Å²) >= 11 is 3.01. The van der Waals surface area contributed by atoms with E-state index in [-0.39, 0.29) is 40.4 Å². The molecule has 2 aliphatic heterocycles. The van der Waals surface area contributed by atoms with Crippen LogP contribution >= 0.6 is 23.5 Å². The Morgan fingerprint density at radius 3 is 2.86 bits per heavy atom. The molecule has 1 saturated heterocycles. The normalized spacial score (nSPS) is 23.5. The maximum absolute atomic E-state index is 13.2. The van der Waals surface area contributed by atoms with Gasteiger partial charge in [0.05, 0.1) is 37.5 Å². The van der Waals surface area contributed by atoms with Crippen LogP contribution in [0, 0.1) is 16.0 Å². The summed E-state index contributed by atoms with van der Waals surface area (Å²) in [7, 11) is 0. The maximum Gasteiger partial charge on any atom is 0.357 e. The van der Waals surface area contributed by atoms with E-state index in [1.807, 2.05) is 6.07 Å². The summed E-state index contributed by atoms with van der Waals surface area (Å²) in [5, 5.41) is 20.5. The molecule has 1 N–H and O–H groups in total. The first kappa shape index (κ1) is 23.8. The summed E-state index contributed by atoms with van der Waals surface area (Å²) < 4.78 is 6.27. The number of nitro benzene ring substituents is 1. The molecule has 0 bridgehead atoms. The summed E-state index contributed by atoms with van der Waals surface area (Å²) in [4.78, 5) is 42.5. The lowest BCUT2D eigenvalue weighted by molar-refractivity contribution is -0.384. The van der Waals surface area contributed by atoms with Gasteiger partial charge in [0.25, 0.3) is 5.69 Å². The van der Waals surface area contributed by atoms with E-state index in [4.69, 9.17) is 4.74 Å². The molecule has 1 aliphatic carbocycles. The number of non-ortho nitro benzene ring substituents is 1. The fourth-order valence-electron chi connectivity index (χ4n) is 4.56. The number of pyridine rings is 1. The van der Waals surface area contributed by atoms with Gasteiger partial charge in [0, 0.05) is 18.3 Å². The van der Waals surface area contributed by atoms with E-state index in [2.05, 4.69) is 11.1 Å². The van der Waals surface area contributed by atoms with Gasteiger partial charge in [-0.05, 0) is 55.5 Å². The minimum atomic E-state index is -0.619. The maximum atomic E-state index is 13.2. The van der Waals surface area contributed by atoms with Crippen molar-refractivity contribution in [2.24, 2.45) is 5.92 Å². The van der Waals surface area contributed by atoms with E-state index in [0.717, 1.165) is 22.8 Å². The molecule has 4 atom stereocenters. The monoisotopic (exact) mass is 513 g/mol. The Bertz CT molecular complexity index is 1220. The highest BCUT2D eigenvalue weighted by Gasteiger charge is 2.56. The molecule has 11 heteroatoms. The Labute approximate surface area is 210 Å². The van der Waals surface area contributed by atoms with Crippen LogP contribution in [0.5, 0.6) is 0 Å². The first-order valence-electron chi connectivity index (χ1n) is 11.3. The summed E-state index contributed by atoms with van der Waals surface area (Å²) in [6, 6.07) is 9.77. The highest BCUT2D eigenvalue weighted by Crippen LogP contribution is 2.58. The zero-order valence-electron chi connectivity index (χ0n) is 18.8. The number of hydrogen-bond donors (Lipinski definition) is 1. The van der Waals surface area contributed by atoms with Gasteiger partial charge in [-0.15, -0.1) is 11.8 Å². The molecule has 35 heavy (non-hydrogen) atoms. The van der Waals surface area contributed by atoms with Crippen LogP contribution in [0.1, 0.15) is 41.8 Å². The van der Waals surface area contributed by atoms with Crippen LogP contribution in [0.3, 0.4) is 0 Å². The Hall–Kier alpha value is -2.89. The van der Waals surface area contributed by atoms with Gasteiger partial charge in [-0.3, -0.25) is 24.8 Å². The van der Waals surface area contributed by atoms with E-state index < -0.39 is 17.0 Å². The van der Waals surface area contributed by atoms with Gasteiger partial charge in [0.1, 0.15) is 6.61 Å². The number of nitrogens with zero attached hydrogens (tertiary/aromatic N) is 3. The molecule has 1 aromatic carbocycles. The quantitative estimate of drug-likeness (QED) is 0.242. The zero-order chi connectivity index (χ0) is 24.7. The number of fused-ring (bicyclic) bond motifs is 2. The number of esters is 1. The van der Waals surface area contributed by atoms with Crippen molar-refractivity contribution in [2.75, 3.05) is 0 Å². The van der Waals surface area contributed by atoms with E-state index in [9.17, 15) is 24.8 Å². The van der Waals surface area contributed by atoms with Gasteiger partial charge in [-0.25, -0.2) is 4.79 Å². The van der Waals surface area contributed by atoms with Crippen molar-refractivity contribution in [1.82, 2.24) is 9.88 Å². The van der Waals surface area contributed by atoms with Crippen LogP contribution in [-0.4, -0.2) is 43.3 Å². The highest BCUT2D eigenvalue weighted by atomic mass is 32.2. The van der Waals surface area contributed by atoms with Gasteiger partial charge in [-0.2, -0.15) is 0 Å². The summed E-state index contributed by atoms with van der Waals surface area (Å²) in [6.45, 7) is 1.58. The van der Waals surface area contributed by atoms with Crippen LogP contribution in [0.4, 0.5) is 5.69 Å². The number of thioether (sulfide) groups is 2. The summed E-state index contributed by atoms with van der Waals surface area (Å²) in [6.07, 6.45) is 3.29. The minimum absolute atomic E-state index is 0.0442. The van der Waals surface area contributed by atoms with Crippen LogP contribution in [0.2, 0.25) is 0 Å². The lowest BCUT2D eigenvalue weighted by atomic mass is 9.91. The summed E-state index contributed by atoms with van der Waals surface area (Å²) in [5.41, 5.74) is 3.00. The second kappa shape index (κ2) is 9.63. The van der Waals surface area contributed by atoms with Crippen LogP contribution < -0.4 is 0 Å². The van der Waals surface area contributed by atoms with Gasteiger partial charge in [-0.1, -0.05) is 17.8 Å². The fourth-order valence-corrected chi connectivity index (χ4v) is 7.76. The molecule has 3 aliphatic rings. The number of aryl methyl sites for hydroxylation is 1. The first-order chi connectivity index (χ1) is 16.8. The zero-order valence-corrected chi connectivity index (χ0v) is 20.5. The molecule has 182 valence electrons. The molecule has 9 nitrogen and oxygen atoms in total. The average Bonchev–Trinajstić information content (AvgIpc) is 3.41. The Morgan fingerprint density at radius 1 is 1.37 bits per heavy atom. The van der Waals surface area contributed by atoms with Crippen molar-refractivity contribution < 1.29 is 24.4 Å². The number of β-lactam (4-membered cyclic amide) rings is 1. The molecular weight excluding hydrogens is 490 g/mol. The molecule has 0 saturated carbocycles. The number of nitro groups is 1. The smallest absolute Gasteiger partial charge is 0.357 e. The Balaban J connectivity index is 1.36. The summed E-state index contributed by atoms with van der Waals surface area (Å²) in [5.74, 6) is -1.15. The number of carbonyl (C=O) groups is 2. The second-order valence-electron chi connectivity index (χ2n) is 8.74. The van der Waals surface area contributed by atoms with Crippen molar-refractivity contribution in [1.29, 1.82) is 0 Å². The molecule has 0 radical (unpaired) electrons. The average molecular weight is 514 g/mol. The number of benzene rings is 1. The Morgan fingerprint density at radius 2 is 2.14 bits per heavy atom. The third-order valence-corrected chi connectivity index (χ3v) is 9.19. The van der Waals surface area contributed by atoms with Crippen molar-refractivity contribution in [3.63, 3.8) is 0 Å². The van der Waals surface area contributed by atoms with Crippen LogP contribution in [0.25, 0.3) is 0 Å². The number of ether oxygens (including phenoxy) is 1. The predicted octanol–water partition coefficient (Wildman–Crippen LogP) is 3.93. The number of hydrogen-bond acceptors (Lipinski definition) is 9. The van der Waals surface area contributed by atoms with E-state index in [1.165, 1.54) is 58.3 Å². The van der Waals surface area contributed by atoms with Crippen LogP contribution in [0.15, 0.2) is 52.5 Å². The number of aromatic nitrogens is 1. The molecular formula is C24H23N3O6S2. The van der Waals surface area contributed by atoms with Gasteiger partial charge < -0.3 is 9.84 Å². The van der Waals surface area contributed by atoms with Crippen molar-refractivity contribution >= 4 is 41.1 Å². The number of aliphatic hydroxyl groups is 1. The second-order valence-corrected chi connectivity index (χ2v) is 11.3. The topological polar surface area (TPSA) is 123 Å². The lowest BCUT2D eigenvalue weighted by Crippen LogP contribution is -2.58. The molecule has 1 aromatic heterocycles. The van der Waals surface area contributed by atoms with Gasteiger partial charge >= 0.3 is 5.97 Å². The van der Waals surface area contributed by atoms with Gasteiger partial charge in [0.2, 0.25) is 5.91 Å². The SMILES string of the molecule is C[C@H](O)C[C@@H]1C(=O)N2C(C(=O)OCc3ccc([N+](=O)[O-])cc3)=C(SC3CCc4cccnc43)S[C@H]12.